The first-order chi connectivity index (χ1) is 9.06. The smallest absolute Gasteiger partial charge is 0.487 e. The molecule has 0 aliphatic rings. The molecule has 2 N–H and O–H groups in total. The second-order valence-corrected chi connectivity index (χ2v) is 4.61. The summed E-state index contributed by atoms with van der Waals surface area (Å²) >= 11 is 0. The van der Waals surface area contributed by atoms with Crippen LogP contribution in [0.2, 0.25) is 0 Å². The van der Waals surface area contributed by atoms with Crippen LogP contribution in [0.15, 0.2) is 36.5 Å². The highest BCUT2D eigenvalue weighted by Crippen LogP contribution is 2.11. The van der Waals surface area contributed by atoms with Crippen molar-refractivity contribution in [1.29, 1.82) is 0 Å². The van der Waals surface area contributed by atoms with Gasteiger partial charge in [-0.3, -0.25) is 4.68 Å². The Kier molecular flexibility index (Phi) is 4.24. The second kappa shape index (κ2) is 5.90. The minimum Gasteiger partial charge on any atom is -0.487 e. The van der Waals surface area contributed by atoms with Crippen LogP contribution in [0.1, 0.15) is 25.6 Å². The Hall–Kier alpha value is -1.79. The second-order valence-electron chi connectivity index (χ2n) is 4.61. The zero-order valence-electron chi connectivity index (χ0n) is 11.0. The van der Waals surface area contributed by atoms with Gasteiger partial charge in [-0.1, -0.05) is 12.1 Å². The topological polar surface area (TPSA) is 67.5 Å². The molecule has 0 aliphatic carbocycles. The van der Waals surface area contributed by atoms with Crippen LogP contribution in [-0.4, -0.2) is 26.9 Å². The molecule has 100 valence electrons. The van der Waals surface area contributed by atoms with Gasteiger partial charge in [0.15, 0.2) is 0 Å². The van der Waals surface area contributed by atoms with E-state index in [1.165, 1.54) is 0 Å². The highest BCUT2D eigenvalue weighted by Gasteiger charge is 2.10. The van der Waals surface area contributed by atoms with Crippen LogP contribution in [0, 0.1) is 0 Å². The molecule has 2 rings (SSSR count). The summed E-state index contributed by atoms with van der Waals surface area (Å²) in [5.41, 5.74) is 1.30. The van der Waals surface area contributed by atoms with Crippen molar-refractivity contribution in [3.63, 3.8) is 0 Å². The van der Waals surface area contributed by atoms with E-state index in [1.54, 1.807) is 24.3 Å². The Morgan fingerprint density at radius 1 is 1.21 bits per heavy atom. The maximum Gasteiger partial charge on any atom is 0.488 e. The number of hydrogen-bond acceptors (Lipinski definition) is 4. The molecule has 1 aromatic heterocycles. The molecule has 1 heterocycles. The monoisotopic (exact) mass is 260 g/mol. The minimum absolute atomic E-state index is 0.332. The van der Waals surface area contributed by atoms with Crippen LogP contribution in [0.3, 0.4) is 0 Å². The van der Waals surface area contributed by atoms with Crippen LogP contribution in [-0.2, 0) is 6.61 Å². The first kappa shape index (κ1) is 13.6. The lowest BCUT2D eigenvalue weighted by Gasteiger charge is -2.06. The van der Waals surface area contributed by atoms with E-state index in [9.17, 15) is 0 Å². The van der Waals surface area contributed by atoms with Gasteiger partial charge in [-0.25, -0.2) is 0 Å². The molecule has 1 aromatic carbocycles. The molecule has 0 atom stereocenters. The van der Waals surface area contributed by atoms with Gasteiger partial charge in [0, 0.05) is 12.2 Å². The molecule has 0 amide bonds. The molecule has 0 spiro atoms. The van der Waals surface area contributed by atoms with Crippen molar-refractivity contribution < 1.29 is 14.8 Å². The summed E-state index contributed by atoms with van der Waals surface area (Å²) in [6, 6.07) is 8.90. The fourth-order valence-corrected chi connectivity index (χ4v) is 1.64. The predicted octanol–water partition coefficient (Wildman–Crippen LogP) is 0.723. The van der Waals surface area contributed by atoms with Crippen LogP contribution >= 0.6 is 0 Å². The van der Waals surface area contributed by atoms with E-state index in [0.717, 1.165) is 5.69 Å². The molecule has 0 unspecified atom stereocenters. The summed E-state index contributed by atoms with van der Waals surface area (Å²) in [4.78, 5) is 0. The van der Waals surface area contributed by atoms with Crippen molar-refractivity contribution in [2.24, 2.45) is 0 Å². The molecule has 6 heteroatoms. The Balaban J connectivity index is 1.94. The average Bonchev–Trinajstić information content (AvgIpc) is 2.86. The van der Waals surface area contributed by atoms with Crippen molar-refractivity contribution in [2.75, 3.05) is 0 Å². The van der Waals surface area contributed by atoms with E-state index < -0.39 is 7.12 Å². The highest BCUT2D eigenvalue weighted by molar-refractivity contribution is 6.58. The molecule has 0 bridgehead atoms. The Bertz CT molecular complexity index is 523. The van der Waals surface area contributed by atoms with Crippen LogP contribution < -0.4 is 10.2 Å². The van der Waals surface area contributed by atoms with Gasteiger partial charge in [-0.2, -0.15) is 5.10 Å². The Morgan fingerprint density at radius 3 is 2.42 bits per heavy atom. The Morgan fingerprint density at radius 2 is 1.89 bits per heavy atom. The van der Waals surface area contributed by atoms with Crippen LogP contribution in [0.4, 0.5) is 0 Å². The van der Waals surface area contributed by atoms with Gasteiger partial charge >= 0.3 is 7.12 Å². The van der Waals surface area contributed by atoms with Crippen LogP contribution in [0.25, 0.3) is 0 Å². The normalized spacial score (nSPS) is 10.8. The summed E-state index contributed by atoms with van der Waals surface area (Å²) in [7, 11) is -1.45. The number of rotatable bonds is 5. The van der Waals surface area contributed by atoms with Crippen LogP contribution in [0.5, 0.6) is 5.75 Å². The lowest BCUT2D eigenvalue weighted by molar-refractivity contribution is 0.298. The fourth-order valence-electron chi connectivity index (χ4n) is 1.64. The number of aromatic nitrogens is 2. The molecular weight excluding hydrogens is 243 g/mol. The average molecular weight is 260 g/mol. The van der Waals surface area contributed by atoms with E-state index >= 15 is 0 Å². The Labute approximate surface area is 112 Å². The van der Waals surface area contributed by atoms with Gasteiger partial charge in [0.1, 0.15) is 12.4 Å². The summed E-state index contributed by atoms with van der Waals surface area (Å²) in [6.45, 7) is 4.52. The molecular formula is C13H17BN2O3. The largest absolute Gasteiger partial charge is 0.488 e. The standard InChI is InChI=1S/C13H17BN2O3/c1-10(2)16-8-7-12(15-16)9-19-13-5-3-11(4-6-13)14(17)18/h3-8,10,17-18H,9H2,1-2H3. The third-order valence-corrected chi connectivity index (χ3v) is 2.76. The SMILES string of the molecule is CC(C)n1ccc(COc2ccc(B(O)O)cc2)n1. The molecule has 0 saturated heterocycles. The fraction of sp³-hybridized carbons (Fsp3) is 0.308. The van der Waals surface area contributed by atoms with E-state index in [1.807, 2.05) is 16.9 Å². The number of hydrogen-bond donors (Lipinski definition) is 2. The molecule has 0 radical (unpaired) electrons. The van der Waals surface area contributed by atoms with Crippen molar-refractivity contribution in [3.8, 4) is 5.75 Å². The van der Waals surface area contributed by atoms with Crippen molar-refractivity contribution in [2.45, 2.75) is 26.5 Å². The number of benzene rings is 1. The number of ether oxygens (including phenoxy) is 1. The first-order valence-corrected chi connectivity index (χ1v) is 6.19. The first-order valence-electron chi connectivity index (χ1n) is 6.19. The van der Waals surface area contributed by atoms with E-state index in [4.69, 9.17) is 14.8 Å². The number of nitrogens with zero attached hydrogens (tertiary/aromatic N) is 2. The zero-order chi connectivity index (χ0) is 13.8. The van der Waals surface area contributed by atoms with E-state index in [-0.39, 0.29) is 0 Å². The molecule has 0 fully saturated rings. The summed E-state index contributed by atoms with van der Waals surface area (Å²) in [6.07, 6.45) is 1.93. The highest BCUT2D eigenvalue weighted by atomic mass is 16.5. The van der Waals surface area contributed by atoms with Crippen molar-refractivity contribution >= 4 is 12.6 Å². The van der Waals surface area contributed by atoms with Gasteiger partial charge in [-0.05, 0) is 37.5 Å². The lowest BCUT2D eigenvalue weighted by Crippen LogP contribution is -2.29. The minimum atomic E-state index is -1.45. The molecule has 19 heavy (non-hydrogen) atoms. The van der Waals surface area contributed by atoms with E-state index in [0.29, 0.717) is 23.9 Å². The van der Waals surface area contributed by atoms with Crippen molar-refractivity contribution in [3.05, 3.63) is 42.2 Å². The van der Waals surface area contributed by atoms with Gasteiger partial charge in [0.05, 0.1) is 5.69 Å². The summed E-state index contributed by atoms with van der Waals surface area (Å²) in [5.74, 6) is 0.670. The van der Waals surface area contributed by atoms with Gasteiger partial charge in [-0.15, -0.1) is 0 Å². The zero-order valence-corrected chi connectivity index (χ0v) is 11.0. The van der Waals surface area contributed by atoms with Gasteiger partial charge < -0.3 is 14.8 Å². The lowest BCUT2D eigenvalue weighted by atomic mass is 9.80. The van der Waals surface area contributed by atoms with Gasteiger partial charge in [0.25, 0.3) is 0 Å². The summed E-state index contributed by atoms with van der Waals surface area (Å²) < 4.78 is 7.46. The maximum absolute atomic E-state index is 8.98. The van der Waals surface area contributed by atoms with Gasteiger partial charge in [0.2, 0.25) is 0 Å². The third kappa shape index (κ3) is 3.59. The molecule has 5 nitrogen and oxygen atoms in total. The molecule has 0 saturated carbocycles. The molecule has 0 aliphatic heterocycles. The predicted molar refractivity (Wildman–Crippen MR) is 73.2 cm³/mol. The quantitative estimate of drug-likeness (QED) is 0.777. The third-order valence-electron chi connectivity index (χ3n) is 2.76. The van der Waals surface area contributed by atoms with E-state index in [2.05, 4.69) is 18.9 Å². The van der Waals surface area contributed by atoms with Crippen molar-refractivity contribution in [1.82, 2.24) is 9.78 Å². The maximum atomic E-state index is 8.98. The summed E-state index contributed by atoms with van der Waals surface area (Å²) in [5, 5.41) is 22.3. The molecule has 2 aromatic rings.